The van der Waals surface area contributed by atoms with Crippen LogP contribution in [0.4, 0.5) is 0 Å². The minimum absolute atomic E-state index is 0.0457. The van der Waals surface area contributed by atoms with Gasteiger partial charge in [-0.2, -0.15) is 0 Å². The summed E-state index contributed by atoms with van der Waals surface area (Å²) in [5, 5.41) is 8.93. The number of hydrogen-bond acceptors (Lipinski definition) is 2. The third-order valence-electron chi connectivity index (χ3n) is 3.35. The average molecular weight is 298 g/mol. The Morgan fingerprint density at radius 1 is 1.09 bits per heavy atom. The second-order valence-electron chi connectivity index (χ2n) is 5.88. The van der Waals surface area contributed by atoms with Crippen molar-refractivity contribution in [1.82, 2.24) is 0 Å². The molecule has 22 heavy (non-hydrogen) atoms. The SMILES string of the molecule is CC(C)Cc1cc(CC(=O)O)ccc1OCc1ccccc1. The van der Waals surface area contributed by atoms with E-state index in [9.17, 15) is 4.79 Å². The molecule has 116 valence electrons. The molecule has 0 heterocycles. The van der Waals surface area contributed by atoms with Gasteiger partial charge in [0, 0.05) is 0 Å². The molecule has 0 atom stereocenters. The zero-order chi connectivity index (χ0) is 15.9. The first kappa shape index (κ1) is 16.1. The summed E-state index contributed by atoms with van der Waals surface area (Å²) >= 11 is 0. The van der Waals surface area contributed by atoms with E-state index in [4.69, 9.17) is 9.84 Å². The van der Waals surface area contributed by atoms with Gasteiger partial charge in [-0.05, 0) is 35.1 Å². The zero-order valence-electron chi connectivity index (χ0n) is 13.1. The van der Waals surface area contributed by atoms with E-state index in [1.165, 1.54) is 0 Å². The van der Waals surface area contributed by atoms with Gasteiger partial charge in [-0.3, -0.25) is 4.79 Å². The summed E-state index contributed by atoms with van der Waals surface area (Å²) in [4.78, 5) is 10.9. The molecule has 2 aromatic carbocycles. The van der Waals surface area contributed by atoms with Crippen LogP contribution in [0, 0.1) is 5.92 Å². The molecule has 0 saturated heterocycles. The minimum Gasteiger partial charge on any atom is -0.489 e. The molecule has 0 aliphatic rings. The monoisotopic (exact) mass is 298 g/mol. The highest BCUT2D eigenvalue weighted by atomic mass is 16.5. The van der Waals surface area contributed by atoms with E-state index in [0.717, 1.165) is 28.9 Å². The van der Waals surface area contributed by atoms with Crippen LogP contribution in [0.25, 0.3) is 0 Å². The van der Waals surface area contributed by atoms with Crippen molar-refractivity contribution in [1.29, 1.82) is 0 Å². The van der Waals surface area contributed by atoms with Gasteiger partial charge in [0.15, 0.2) is 0 Å². The molecule has 0 radical (unpaired) electrons. The standard InChI is InChI=1S/C19H22O3/c1-14(2)10-17-11-16(12-19(20)21)8-9-18(17)22-13-15-6-4-3-5-7-15/h3-9,11,14H,10,12-13H2,1-2H3,(H,20,21). The van der Waals surface area contributed by atoms with Gasteiger partial charge in [-0.25, -0.2) is 0 Å². The number of rotatable bonds is 7. The Bertz CT molecular complexity index is 618. The molecule has 2 rings (SSSR count). The summed E-state index contributed by atoms with van der Waals surface area (Å²) in [6, 6.07) is 15.7. The van der Waals surface area contributed by atoms with Gasteiger partial charge in [0.05, 0.1) is 6.42 Å². The van der Waals surface area contributed by atoms with Crippen LogP contribution >= 0.6 is 0 Å². The first-order valence-electron chi connectivity index (χ1n) is 7.55. The van der Waals surface area contributed by atoms with Crippen LogP contribution in [0.5, 0.6) is 5.75 Å². The normalized spacial score (nSPS) is 10.7. The van der Waals surface area contributed by atoms with Gasteiger partial charge in [0.1, 0.15) is 12.4 Å². The van der Waals surface area contributed by atoms with Crippen molar-refractivity contribution in [2.75, 3.05) is 0 Å². The number of carboxylic acids is 1. The molecule has 0 saturated carbocycles. The van der Waals surface area contributed by atoms with E-state index < -0.39 is 5.97 Å². The number of ether oxygens (including phenoxy) is 1. The van der Waals surface area contributed by atoms with Gasteiger partial charge in [0.25, 0.3) is 0 Å². The Morgan fingerprint density at radius 2 is 1.82 bits per heavy atom. The smallest absolute Gasteiger partial charge is 0.307 e. The van der Waals surface area contributed by atoms with E-state index in [1.54, 1.807) is 0 Å². The van der Waals surface area contributed by atoms with Crippen LogP contribution in [0.15, 0.2) is 48.5 Å². The molecule has 0 fully saturated rings. The molecule has 3 heteroatoms. The maximum Gasteiger partial charge on any atom is 0.307 e. The quantitative estimate of drug-likeness (QED) is 0.837. The van der Waals surface area contributed by atoms with Crippen molar-refractivity contribution in [3.63, 3.8) is 0 Å². The Kier molecular flexibility index (Phi) is 5.59. The first-order chi connectivity index (χ1) is 10.5. The van der Waals surface area contributed by atoms with Crippen molar-refractivity contribution >= 4 is 5.97 Å². The molecule has 0 unspecified atom stereocenters. The number of carbonyl (C=O) groups is 1. The van der Waals surface area contributed by atoms with Gasteiger partial charge in [0.2, 0.25) is 0 Å². The fraction of sp³-hybridized carbons (Fsp3) is 0.316. The lowest BCUT2D eigenvalue weighted by Gasteiger charge is -2.14. The fourth-order valence-electron chi connectivity index (χ4n) is 2.39. The lowest BCUT2D eigenvalue weighted by molar-refractivity contribution is -0.136. The highest BCUT2D eigenvalue weighted by molar-refractivity contribution is 5.70. The third-order valence-corrected chi connectivity index (χ3v) is 3.35. The number of aliphatic carboxylic acids is 1. The molecular formula is C19H22O3. The Hall–Kier alpha value is -2.29. The van der Waals surface area contributed by atoms with Crippen molar-refractivity contribution in [2.45, 2.75) is 33.3 Å². The van der Waals surface area contributed by atoms with Crippen LogP contribution in [0.1, 0.15) is 30.5 Å². The lowest BCUT2D eigenvalue weighted by atomic mass is 9.99. The van der Waals surface area contributed by atoms with Crippen molar-refractivity contribution in [3.8, 4) is 5.75 Å². The zero-order valence-corrected chi connectivity index (χ0v) is 13.1. The average Bonchev–Trinajstić information content (AvgIpc) is 2.46. The van der Waals surface area contributed by atoms with Crippen LogP contribution in [-0.2, 0) is 24.2 Å². The van der Waals surface area contributed by atoms with Crippen LogP contribution < -0.4 is 4.74 Å². The summed E-state index contributed by atoms with van der Waals surface area (Å²) in [5.74, 6) is 0.513. The van der Waals surface area contributed by atoms with Gasteiger partial charge in [-0.15, -0.1) is 0 Å². The van der Waals surface area contributed by atoms with E-state index >= 15 is 0 Å². The summed E-state index contributed by atoms with van der Waals surface area (Å²) in [5.41, 5.74) is 3.01. The largest absolute Gasteiger partial charge is 0.489 e. The van der Waals surface area contributed by atoms with Gasteiger partial charge < -0.3 is 9.84 Å². The number of hydrogen-bond donors (Lipinski definition) is 1. The second-order valence-corrected chi connectivity index (χ2v) is 5.88. The fourth-order valence-corrected chi connectivity index (χ4v) is 2.39. The van der Waals surface area contributed by atoms with E-state index in [1.807, 2.05) is 48.5 Å². The Morgan fingerprint density at radius 3 is 2.45 bits per heavy atom. The molecule has 2 aromatic rings. The summed E-state index contributed by atoms with van der Waals surface area (Å²) in [6.45, 7) is 4.81. The van der Waals surface area contributed by atoms with Crippen LogP contribution in [0.3, 0.4) is 0 Å². The maximum absolute atomic E-state index is 10.9. The minimum atomic E-state index is -0.812. The lowest BCUT2D eigenvalue weighted by Crippen LogP contribution is -2.05. The van der Waals surface area contributed by atoms with Gasteiger partial charge in [-0.1, -0.05) is 56.3 Å². The first-order valence-corrected chi connectivity index (χ1v) is 7.55. The van der Waals surface area contributed by atoms with Crippen molar-refractivity contribution in [3.05, 3.63) is 65.2 Å². The van der Waals surface area contributed by atoms with Crippen LogP contribution in [0.2, 0.25) is 0 Å². The number of benzene rings is 2. The molecule has 0 amide bonds. The topological polar surface area (TPSA) is 46.5 Å². The molecule has 0 bridgehead atoms. The van der Waals surface area contributed by atoms with Crippen molar-refractivity contribution in [2.24, 2.45) is 5.92 Å². The molecule has 0 spiro atoms. The molecule has 1 N–H and O–H groups in total. The molecule has 3 nitrogen and oxygen atoms in total. The Labute approximate surface area is 131 Å². The van der Waals surface area contributed by atoms with Gasteiger partial charge >= 0.3 is 5.97 Å². The van der Waals surface area contributed by atoms with Crippen molar-refractivity contribution < 1.29 is 14.6 Å². The third kappa shape index (κ3) is 4.92. The highest BCUT2D eigenvalue weighted by Crippen LogP contribution is 2.24. The molecular weight excluding hydrogens is 276 g/mol. The predicted octanol–water partition coefficient (Wildman–Crippen LogP) is 4.09. The predicted molar refractivity (Wildman–Crippen MR) is 87.1 cm³/mol. The molecule has 0 aliphatic carbocycles. The molecule has 0 aliphatic heterocycles. The second kappa shape index (κ2) is 7.64. The van der Waals surface area contributed by atoms with E-state index in [2.05, 4.69) is 13.8 Å². The van der Waals surface area contributed by atoms with E-state index in [-0.39, 0.29) is 6.42 Å². The molecule has 0 aromatic heterocycles. The van der Waals surface area contributed by atoms with E-state index in [0.29, 0.717) is 12.5 Å². The van der Waals surface area contributed by atoms with Crippen LogP contribution in [-0.4, -0.2) is 11.1 Å². The number of carboxylic acid groups (broad SMARTS) is 1. The summed E-state index contributed by atoms with van der Waals surface area (Å²) in [7, 11) is 0. The Balaban J connectivity index is 2.15. The summed E-state index contributed by atoms with van der Waals surface area (Å²) < 4.78 is 5.94. The maximum atomic E-state index is 10.9. The summed E-state index contributed by atoms with van der Waals surface area (Å²) in [6.07, 6.45) is 0.918. The highest BCUT2D eigenvalue weighted by Gasteiger charge is 2.10.